The van der Waals surface area contributed by atoms with Crippen molar-refractivity contribution in [2.24, 2.45) is 0 Å². The molecule has 1 aromatic rings. The van der Waals surface area contributed by atoms with Gasteiger partial charge in [0.2, 0.25) is 0 Å². The van der Waals surface area contributed by atoms with Gasteiger partial charge in [-0.05, 0) is 25.5 Å². The minimum Gasteiger partial charge on any atom is -0.310 e. The lowest BCUT2D eigenvalue weighted by Crippen LogP contribution is -2.25. The Morgan fingerprint density at radius 3 is 2.76 bits per heavy atom. The van der Waals surface area contributed by atoms with Crippen LogP contribution in [0.15, 0.2) is 18.2 Å². The molecule has 1 unspecified atom stereocenters. The molecule has 0 aliphatic carbocycles. The molecule has 1 rings (SSSR count). The van der Waals surface area contributed by atoms with Crippen LogP contribution in [0.3, 0.4) is 0 Å². The van der Waals surface area contributed by atoms with E-state index in [1.165, 1.54) is 25.3 Å². The van der Waals surface area contributed by atoms with E-state index >= 15 is 0 Å². The van der Waals surface area contributed by atoms with Crippen molar-refractivity contribution >= 4 is 11.6 Å². The third kappa shape index (κ3) is 5.51. The van der Waals surface area contributed by atoms with Gasteiger partial charge in [0.1, 0.15) is 5.82 Å². The minimum atomic E-state index is -0.231. The lowest BCUT2D eigenvalue weighted by atomic mass is 10.1. The molecule has 0 saturated carbocycles. The van der Waals surface area contributed by atoms with Crippen LogP contribution >= 0.6 is 11.6 Å². The highest BCUT2D eigenvalue weighted by Crippen LogP contribution is 2.14. The summed E-state index contributed by atoms with van der Waals surface area (Å²) in [5, 5.41) is 3.78. The SMILES string of the molecule is CCCCCC(C)NCc1ccc(Cl)cc1F. The van der Waals surface area contributed by atoms with E-state index in [0.717, 1.165) is 6.42 Å². The zero-order chi connectivity index (χ0) is 12.7. The van der Waals surface area contributed by atoms with Crippen LogP contribution in [0.1, 0.15) is 45.1 Å². The van der Waals surface area contributed by atoms with Crippen LogP contribution in [0.25, 0.3) is 0 Å². The average molecular weight is 258 g/mol. The molecule has 0 bridgehead atoms. The fourth-order valence-electron chi connectivity index (χ4n) is 1.75. The normalized spacial score (nSPS) is 12.7. The average Bonchev–Trinajstić information content (AvgIpc) is 2.28. The number of rotatable bonds is 7. The van der Waals surface area contributed by atoms with Crippen molar-refractivity contribution in [3.05, 3.63) is 34.6 Å². The number of halogens is 2. The molecule has 1 atom stereocenters. The summed E-state index contributed by atoms with van der Waals surface area (Å²) in [5.74, 6) is -0.231. The van der Waals surface area contributed by atoms with Gasteiger partial charge in [0.25, 0.3) is 0 Å². The lowest BCUT2D eigenvalue weighted by Gasteiger charge is -2.14. The molecule has 0 aliphatic heterocycles. The second-order valence-corrected chi connectivity index (χ2v) is 4.95. The summed E-state index contributed by atoms with van der Waals surface area (Å²) in [6, 6.07) is 5.25. The molecule has 0 fully saturated rings. The molecule has 1 N–H and O–H groups in total. The first-order valence-corrected chi connectivity index (χ1v) is 6.68. The Bertz CT molecular complexity index is 341. The zero-order valence-corrected chi connectivity index (χ0v) is 11.4. The first-order chi connectivity index (χ1) is 8.13. The maximum atomic E-state index is 13.5. The van der Waals surface area contributed by atoms with Crippen LogP contribution in [-0.2, 0) is 6.54 Å². The van der Waals surface area contributed by atoms with E-state index in [-0.39, 0.29) is 5.82 Å². The topological polar surface area (TPSA) is 12.0 Å². The highest BCUT2D eigenvalue weighted by atomic mass is 35.5. The Morgan fingerprint density at radius 2 is 2.12 bits per heavy atom. The molecule has 0 spiro atoms. The predicted molar refractivity (Wildman–Crippen MR) is 71.9 cm³/mol. The van der Waals surface area contributed by atoms with Crippen LogP contribution in [0.2, 0.25) is 5.02 Å². The van der Waals surface area contributed by atoms with Crippen molar-refractivity contribution in [2.75, 3.05) is 0 Å². The lowest BCUT2D eigenvalue weighted by molar-refractivity contribution is 0.479. The standard InChI is InChI=1S/C14H21ClFN/c1-3-4-5-6-11(2)17-10-12-7-8-13(15)9-14(12)16/h7-9,11,17H,3-6,10H2,1-2H3. The molecule has 0 amide bonds. The third-order valence-corrected chi connectivity index (χ3v) is 3.13. The fraction of sp³-hybridized carbons (Fsp3) is 0.571. The van der Waals surface area contributed by atoms with E-state index in [2.05, 4.69) is 19.2 Å². The number of nitrogens with one attached hydrogen (secondary N) is 1. The van der Waals surface area contributed by atoms with E-state index in [4.69, 9.17) is 11.6 Å². The van der Waals surface area contributed by atoms with Crippen molar-refractivity contribution < 1.29 is 4.39 Å². The van der Waals surface area contributed by atoms with Crippen molar-refractivity contribution in [3.63, 3.8) is 0 Å². The summed E-state index contributed by atoms with van der Waals surface area (Å²) in [6.45, 7) is 4.90. The summed E-state index contributed by atoms with van der Waals surface area (Å²) >= 11 is 5.70. The highest BCUT2D eigenvalue weighted by molar-refractivity contribution is 6.30. The van der Waals surface area contributed by atoms with Crippen LogP contribution < -0.4 is 5.32 Å². The zero-order valence-electron chi connectivity index (χ0n) is 10.6. The molecule has 96 valence electrons. The second kappa shape index (κ2) is 7.67. The largest absolute Gasteiger partial charge is 0.310 e. The molecule has 3 heteroatoms. The maximum absolute atomic E-state index is 13.5. The van der Waals surface area contributed by atoms with Gasteiger partial charge in [-0.15, -0.1) is 0 Å². The molecule has 1 nitrogen and oxygen atoms in total. The summed E-state index contributed by atoms with van der Waals surface area (Å²) in [4.78, 5) is 0. The molecule has 0 saturated heterocycles. The fourth-order valence-corrected chi connectivity index (χ4v) is 1.91. The molecule has 0 radical (unpaired) electrons. The predicted octanol–water partition coefficient (Wildman–Crippen LogP) is 4.54. The summed E-state index contributed by atoms with van der Waals surface area (Å²) < 4.78 is 13.5. The van der Waals surface area contributed by atoms with E-state index in [9.17, 15) is 4.39 Å². The Morgan fingerprint density at radius 1 is 1.35 bits per heavy atom. The Labute approximate surface area is 108 Å². The van der Waals surface area contributed by atoms with Crippen molar-refractivity contribution in [3.8, 4) is 0 Å². The molecular weight excluding hydrogens is 237 g/mol. The van der Waals surface area contributed by atoms with E-state index in [0.29, 0.717) is 23.2 Å². The first-order valence-electron chi connectivity index (χ1n) is 6.30. The quantitative estimate of drug-likeness (QED) is 0.708. The van der Waals surface area contributed by atoms with Gasteiger partial charge in [0.05, 0.1) is 0 Å². The number of unbranched alkanes of at least 4 members (excludes halogenated alkanes) is 2. The van der Waals surface area contributed by atoms with E-state index < -0.39 is 0 Å². The minimum absolute atomic E-state index is 0.231. The molecule has 0 heterocycles. The summed E-state index contributed by atoms with van der Waals surface area (Å²) in [6.07, 6.45) is 4.87. The first kappa shape index (κ1) is 14.5. The molecule has 0 aromatic heterocycles. The molecular formula is C14H21ClFN. The van der Waals surface area contributed by atoms with Gasteiger partial charge in [-0.2, -0.15) is 0 Å². The highest BCUT2D eigenvalue weighted by Gasteiger charge is 2.05. The van der Waals surface area contributed by atoms with Crippen molar-refractivity contribution in [1.82, 2.24) is 5.32 Å². The Kier molecular flexibility index (Phi) is 6.53. The van der Waals surface area contributed by atoms with Crippen molar-refractivity contribution in [1.29, 1.82) is 0 Å². The van der Waals surface area contributed by atoms with Gasteiger partial charge >= 0.3 is 0 Å². The van der Waals surface area contributed by atoms with Crippen LogP contribution in [0.5, 0.6) is 0 Å². The second-order valence-electron chi connectivity index (χ2n) is 4.51. The number of hydrogen-bond acceptors (Lipinski definition) is 1. The van der Waals surface area contributed by atoms with Crippen LogP contribution in [-0.4, -0.2) is 6.04 Å². The molecule has 0 aliphatic rings. The summed E-state index contributed by atoms with van der Waals surface area (Å²) in [5.41, 5.74) is 0.678. The molecule has 1 aromatic carbocycles. The van der Waals surface area contributed by atoms with Crippen molar-refractivity contribution in [2.45, 2.75) is 52.1 Å². The summed E-state index contributed by atoms with van der Waals surface area (Å²) in [7, 11) is 0. The van der Waals surface area contributed by atoms with Gasteiger partial charge in [0, 0.05) is 23.2 Å². The van der Waals surface area contributed by atoms with Crippen LogP contribution in [0, 0.1) is 5.82 Å². The Hall–Kier alpha value is -0.600. The smallest absolute Gasteiger partial charge is 0.129 e. The third-order valence-electron chi connectivity index (χ3n) is 2.90. The van der Waals surface area contributed by atoms with E-state index in [1.807, 2.05) is 0 Å². The Balaban J connectivity index is 2.34. The number of hydrogen-bond donors (Lipinski definition) is 1. The van der Waals surface area contributed by atoms with Gasteiger partial charge in [0.15, 0.2) is 0 Å². The number of benzene rings is 1. The van der Waals surface area contributed by atoms with Gasteiger partial charge in [-0.3, -0.25) is 0 Å². The van der Waals surface area contributed by atoms with Gasteiger partial charge in [-0.25, -0.2) is 4.39 Å². The van der Waals surface area contributed by atoms with Crippen LogP contribution in [0.4, 0.5) is 4.39 Å². The maximum Gasteiger partial charge on any atom is 0.129 e. The van der Waals surface area contributed by atoms with E-state index in [1.54, 1.807) is 12.1 Å². The van der Waals surface area contributed by atoms with Gasteiger partial charge < -0.3 is 5.32 Å². The van der Waals surface area contributed by atoms with Gasteiger partial charge in [-0.1, -0.05) is 43.9 Å². The monoisotopic (exact) mass is 257 g/mol. The molecule has 17 heavy (non-hydrogen) atoms.